The van der Waals surface area contributed by atoms with Crippen LogP contribution in [0.1, 0.15) is 37.1 Å². The number of aryl methyl sites for hydroxylation is 2. The molecule has 2 aromatic heterocycles. The maximum Gasteiger partial charge on any atom is 0.137 e. The second-order valence-corrected chi connectivity index (χ2v) is 7.90. The monoisotopic (exact) mass is 370 g/mol. The van der Waals surface area contributed by atoms with Crippen molar-refractivity contribution in [3.05, 3.63) is 42.0 Å². The third-order valence-corrected chi connectivity index (χ3v) is 6.16. The SMILES string of the molecule is Cc1cc(CN2CCC3(CC2)OCCC3CCOc2cccnc2)n(C)n1. The van der Waals surface area contributed by atoms with Crippen LogP contribution < -0.4 is 4.74 Å². The predicted octanol–water partition coefficient (Wildman–Crippen LogP) is 2.96. The van der Waals surface area contributed by atoms with Gasteiger partial charge in [0.25, 0.3) is 0 Å². The van der Waals surface area contributed by atoms with E-state index in [2.05, 4.69) is 28.0 Å². The first-order valence-corrected chi connectivity index (χ1v) is 10.0. The summed E-state index contributed by atoms with van der Waals surface area (Å²) in [7, 11) is 2.03. The van der Waals surface area contributed by atoms with Gasteiger partial charge >= 0.3 is 0 Å². The second-order valence-electron chi connectivity index (χ2n) is 7.90. The van der Waals surface area contributed by atoms with Crippen LogP contribution in [0, 0.1) is 12.8 Å². The zero-order valence-corrected chi connectivity index (χ0v) is 16.4. The van der Waals surface area contributed by atoms with Crippen molar-refractivity contribution in [1.82, 2.24) is 19.7 Å². The average Bonchev–Trinajstić information content (AvgIpc) is 3.21. The van der Waals surface area contributed by atoms with Crippen molar-refractivity contribution in [1.29, 1.82) is 0 Å². The lowest BCUT2D eigenvalue weighted by Crippen LogP contribution is -2.47. The zero-order chi connectivity index (χ0) is 18.7. The van der Waals surface area contributed by atoms with Gasteiger partial charge in [0, 0.05) is 39.5 Å². The molecule has 6 nitrogen and oxygen atoms in total. The van der Waals surface area contributed by atoms with Crippen molar-refractivity contribution in [3.8, 4) is 5.75 Å². The maximum atomic E-state index is 6.31. The summed E-state index contributed by atoms with van der Waals surface area (Å²) in [5, 5.41) is 4.47. The van der Waals surface area contributed by atoms with Gasteiger partial charge in [-0.05, 0) is 56.7 Å². The molecular formula is C21H30N4O2. The number of aromatic nitrogens is 3. The van der Waals surface area contributed by atoms with Crippen LogP contribution in [0.2, 0.25) is 0 Å². The van der Waals surface area contributed by atoms with Gasteiger partial charge in [-0.1, -0.05) is 0 Å². The Morgan fingerprint density at radius 3 is 2.89 bits per heavy atom. The van der Waals surface area contributed by atoms with Crippen molar-refractivity contribution in [2.24, 2.45) is 13.0 Å². The van der Waals surface area contributed by atoms with Crippen LogP contribution in [-0.4, -0.2) is 51.6 Å². The average molecular weight is 370 g/mol. The van der Waals surface area contributed by atoms with Gasteiger partial charge in [-0.15, -0.1) is 0 Å². The molecule has 2 aromatic rings. The summed E-state index contributed by atoms with van der Waals surface area (Å²) < 4.78 is 14.2. The summed E-state index contributed by atoms with van der Waals surface area (Å²) in [5.74, 6) is 1.45. The molecule has 27 heavy (non-hydrogen) atoms. The van der Waals surface area contributed by atoms with Crippen molar-refractivity contribution < 1.29 is 9.47 Å². The first-order valence-electron chi connectivity index (χ1n) is 10.0. The quantitative estimate of drug-likeness (QED) is 0.782. The van der Waals surface area contributed by atoms with Crippen molar-refractivity contribution in [3.63, 3.8) is 0 Å². The smallest absolute Gasteiger partial charge is 0.137 e. The Morgan fingerprint density at radius 2 is 2.19 bits per heavy atom. The van der Waals surface area contributed by atoms with E-state index in [4.69, 9.17) is 9.47 Å². The van der Waals surface area contributed by atoms with Crippen molar-refractivity contribution >= 4 is 0 Å². The summed E-state index contributed by atoms with van der Waals surface area (Å²) >= 11 is 0. The molecule has 146 valence electrons. The van der Waals surface area contributed by atoms with E-state index in [9.17, 15) is 0 Å². The Bertz CT molecular complexity index is 738. The molecule has 0 aromatic carbocycles. The molecule has 0 N–H and O–H groups in total. The fourth-order valence-corrected chi connectivity index (χ4v) is 4.63. The second kappa shape index (κ2) is 7.98. The van der Waals surface area contributed by atoms with Crippen LogP contribution in [0.15, 0.2) is 30.6 Å². The predicted molar refractivity (Wildman–Crippen MR) is 104 cm³/mol. The number of ether oxygens (including phenoxy) is 2. The van der Waals surface area contributed by atoms with Gasteiger partial charge in [0.2, 0.25) is 0 Å². The fraction of sp³-hybridized carbons (Fsp3) is 0.619. The molecule has 6 heteroatoms. The van der Waals surface area contributed by atoms with Crippen LogP contribution in [-0.2, 0) is 18.3 Å². The summed E-state index contributed by atoms with van der Waals surface area (Å²) in [4.78, 5) is 6.64. The van der Waals surface area contributed by atoms with Crippen LogP contribution in [0.3, 0.4) is 0 Å². The zero-order valence-electron chi connectivity index (χ0n) is 16.4. The molecule has 0 saturated carbocycles. The minimum atomic E-state index is 0.0528. The van der Waals surface area contributed by atoms with E-state index < -0.39 is 0 Å². The fourth-order valence-electron chi connectivity index (χ4n) is 4.63. The highest BCUT2D eigenvalue weighted by molar-refractivity contribution is 5.15. The molecular weight excluding hydrogens is 340 g/mol. The van der Waals surface area contributed by atoms with Gasteiger partial charge in [-0.2, -0.15) is 5.10 Å². The summed E-state index contributed by atoms with van der Waals surface area (Å²) in [5.41, 5.74) is 2.43. The first kappa shape index (κ1) is 18.4. The van der Waals surface area contributed by atoms with Crippen molar-refractivity contribution in [2.45, 2.75) is 44.8 Å². The Kier molecular flexibility index (Phi) is 5.45. The molecule has 0 radical (unpaired) electrons. The molecule has 1 atom stereocenters. The number of hydrogen-bond donors (Lipinski definition) is 0. The topological polar surface area (TPSA) is 52.4 Å². The molecule has 0 amide bonds. The maximum absolute atomic E-state index is 6.31. The third kappa shape index (κ3) is 4.17. The first-order chi connectivity index (χ1) is 13.1. The Hall–Kier alpha value is -1.92. The molecule has 1 unspecified atom stereocenters. The van der Waals surface area contributed by atoms with E-state index in [1.54, 1.807) is 12.4 Å². The molecule has 0 bridgehead atoms. The van der Waals surface area contributed by atoms with E-state index in [1.165, 1.54) is 5.69 Å². The highest BCUT2D eigenvalue weighted by Gasteiger charge is 2.45. The number of nitrogens with zero attached hydrogens (tertiary/aromatic N) is 4. The lowest BCUT2D eigenvalue weighted by molar-refractivity contribution is -0.0711. The van der Waals surface area contributed by atoms with E-state index in [0.717, 1.165) is 70.0 Å². The summed E-state index contributed by atoms with van der Waals surface area (Å²) in [6, 6.07) is 6.07. The summed E-state index contributed by atoms with van der Waals surface area (Å²) in [6.45, 7) is 6.83. The van der Waals surface area contributed by atoms with E-state index in [0.29, 0.717) is 5.92 Å². The van der Waals surface area contributed by atoms with E-state index >= 15 is 0 Å². The van der Waals surface area contributed by atoms with Crippen LogP contribution in [0.5, 0.6) is 5.75 Å². The molecule has 1 spiro atoms. The van der Waals surface area contributed by atoms with Gasteiger partial charge < -0.3 is 9.47 Å². The van der Waals surface area contributed by atoms with Gasteiger partial charge in [-0.3, -0.25) is 14.6 Å². The molecule has 2 saturated heterocycles. The Morgan fingerprint density at radius 1 is 1.33 bits per heavy atom. The summed E-state index contributed by atoms with van der Waals surface area (Å²) in [6.07, 6.45) is 7.97. The van der Waals surface area contributed by atoms with Gasteiger partial charge in [0.05, 0.1) is 29.8 Å². The van der Waals surface area contributed by atoms with Crippen LogP contribution in [0.25, 0.3) is 0 Å². The van der Waals surface area contributed by atoms with E-state index in [1.807, 2.05) is 23.9 Å². The highest BCUT2D eigenvalue weighted by Crippen LogP contribution is 2.42. The van der Waals surface area contributed by atoms with E-state index in [-0.39, 0.29) is 5.60 Å². The highest BCUT2D eigenvalue weighted by atomic mass is 16.5. The van der Waals surface area contributed by atoms with Gasteiger partial charge in [0.15, 0.2) is 0 Å². The lowest BCUT2D eigenvalue weighted by atomic mass is 9.78. The van der Waals surface area contributed by atoms with Crippen molar-refractivity contribution in [2.75, 3.05) is 26.3 Å². The number of likely N-dealkylation sites (tertiary alicyclic amines) is 1. The minimum Gasteiger partial charge on any atom is -0.492 e. The molecule has 2 fully saturated rings. The Balaban J connectivity index is 1.29. The number of rotatable bonds is 6. The van der Waals surface area contributed by atoms with Gasteiger partial charge in [0.1, 0.15) is 5.75 Å². The minimum absolute atomic E-state index is 0.0528. The molecule has 0 aliphatic carbocycles. The number of hydrogen-bond acceptors (Lipinski definition) is 5. The third-order valence-electron chi connectivity index (χ3n) is 6.16. The standard InChI is InChI=1S/C21H30N4O2/c1-17-14-19(24(2)23-17)16-25-10-7-21(8-11-25)18(6-13-27-21)5-12-26-20-4-3-9-22-15-20/h3-4,9,14-15,18H,5-8,10-13,16H2,1-2H3. The number of pyridine rings is 1. The van der Waals surface area contributed by atoms with Crippen LogP contribution >= 0.6 is 0 Å². The van der Waals surface area contributed by atoms with Gasteiger partial charge in [-0.25, -0.2) is 0 Å². The molecule has 4 heterocycles. The molecule has 2 aliphatic rings. The molecule has 2 aliphatic heterocycles. The normalized spacial score (nSPS) is 22.4. The Labute approximate surface area is 161 Å². The number of piperidine rings is 1. The molecule has 4 rings (SSSR count). The lowest BCUT2D eigenvalue weighted by Gasteiger charge is -2.42. The van der Waals surface area contributed by atoms with Crippen LogP contribution in [0.4, 0.5) is 0 Å². The largest absolute Gasteiger partial charge is 0.492 e.